The molecule has 128 valence electrons. The van der Waals surface area contributed by atoms with Gasteiger partial charge in [0.2, 0.25) is 5.91 Å². The predicted octanol–water partition coefficient (Wildman–Crippen LogP) is 1.34. The lowest BCUT2D eigenvalue weighted by molar-refractivity contribution is -0.142. The van der Waals surface area contributed by atoms with Crippen LogP contribution in [-0.4, -0.2) is 47.9 Å². The summed E-state index contributed by atoms with van der Waals surface area (Å²) in [6.45, 7) is 0.951. The van der Waals surface area contributed by atoms with Gasteiger partial charge in [0.05, 0.1) is 18.0 Å². The number of amides is 2. The summed E-state index contributed by atoms with van der Waals surface area (Å²) in [4.78, 5) is 36.3. The van der Waals surface area contributed by atoms with Gasteiger partial charge in [0.25, 0.3) is 5.91 Å². The number of rotatable bonds is 4. The third kappa shape index (κ3) is 3.70. The van der Waals surface area contributed by atoms with E-state index in [1.54, 1.807) is 18.2 Å². The zero-order valence-corrected chi connectivity index (χ0v) is 13.7. The van der Waals surface area contributed by atoms with Crippen LogP contribution in [0.2, 0.25) is 0 Å². The van der Waals surface area contributed by atoms with Gasteiger partial charge in [0, 0.05) is 23.0 Å². The molecule has 0 aliphatic carbocycles. The van der Waals surface area contributed by atoms with Crippen LogP contribution >= 0.6 is 11.8 Å². The predicted molar refractivity (Wildman–Crippen MR) is 88.2 cm³/mol. The summed E-state index contributed by atoms with van der Waals surface area (Å²) in [7, 11) is 0. The van der Waals surface area contributed by atoms with Crippen molar-refractivity contribution in [2.24, 2.45) is 5.92 Å². The van der Waals surface area contributed by atoms with Crippen molar-refractivity contribution < 1.29 is 24.2 Å². The molecule has 1 aromatic rings. The van der Waals surface area contributed by atoms with Crippen molar-refractivity contribution in [3.8, 4) is 0 Å². The Balaban J connectivity index is 1.74. The van der Waals surface area contributed by atoms with Crippen LogP contribution in [-0.2, 0) is 14.3 Å². The minimum atomic E-state index is -1.07. The molecule has 1 fully saturated rings. The second kappa shape index (κ2) is 7.23. The van der Waals surface area contributed by atoms with Gasteiger partial charge < -0.3 is 20.5 Å². The molecule has 0 unspecified atom stereocenters. The van der Waals surface area contributed by atoms with Gasteiger partial charge in [0.15, 0.2) is 0 Å². The van der Waals surface area contributed by atoms with Crippen LogP contribution in [0.5, 0.6) is 0 Å². The maximum atomic E-state index is 12.4. The number of ether oxygens (including phenoxy) is 1. The Kier molecular flexibility index (Phi) is 5.06. The number of carbonyl (C=O) groups excluding carboxylic acids is 2. The average molecular weight is 350 g/mol. The second-order valence-electron chi connectivity index (χ2n) is 5.81. The number of nitrogens with one attached hydrogen (secondary N) is 2. The molecule has 1 aromatic carbocycles. The summed E-state index contributed by atoms with van der Waals surface area (Å²) in [6.07, 6.45) is 1.49. The zero-order chi connectivity index (χ0) is 17.1. The van der Waals surface area contributed by atoms with Gasteiger partial charge in [-0.3, -0.25) is 9.59 Å². The number of carboxylic acids is 1. The Morgan fingerprint density at radius 1 is 1.42 bits per heavy atom. The van der Waals surface area contributed by atoms with Crippen LogP contribution < -0.4 is 10.6 Å². The largest absolute Gasteiger partial charge is 0.480 e. The molecule has 24 heavy (non-hydrogen) atoms. The fourth-order valence-electron chi connectivity index (χ4n) is 2.86. The number of hydrogen-bond acceptors (Lipinski definition) is 5. The van der Waals surface area contributed by atoms with Gasteiger partial charge in [0.1, 0.15) is 6.04 Å². The van der Waals surface area contributed by atoms with Crippen molar-refractivity contribution in [1.29, 1.82) is 0 Å². The maximum Gasteiger partial charge on any atom is 0.326 e. The molecule has 0 saturated carbocycles. The first kappa shape index (κ1) is 16.8. The Bertz CT molecular complexity index is 672. The minimum absolute atomic E-state index is 0.118. The van der Waals surface area contributed by atoms with Crippen LogP contribution in [0, 0.1) is 5.92 Å². The maximum absolute atomic E-state index is 12.4. The van der Waals surface area contributed by atoms with Gasteiger partial charge in [-0.05, 0) is 31.0 Å². The first-order valence-corrected chi connectivity index (χ1v) is 8.71. The molecule has 7 nitrogen and oxygen atoms in total. The van der Waals surface area contributed by atoms with Crippen molar-refractivity contribution >= 4 is 35.2 Å². The van der Waals surface area contributed by atoms with E-state index < -0.39 is 17.9 Å². The zero-order valence-electron chi connectivity index (χ0n) is 12.9. The van der Waals surface area contributed by atoms with Crippen LogP contribution in [0.3, 0.4) is 0 Å². The molecule has 0 radical (unpaired) electrons. The summed E-state index contributed by atoms with van der Waals surface area (Å²) in [5, 5.41) is 14.7. The molecule has 2 amide bonds. The first-order valence-electron chi connectivity index (χ1n) is 7.72. The molecular formula is C16H18N2O5S. The molecule has 2 heterocycles. The van der Waals surface area contributed by atoms with Gasteiger partial charge in [-0.15, -0.1) is 11.8 Å². The van der Waals surface area contributed by atoms with E-state index >= 15 is 0 Å². The highest BCUT2D eigenvalue weighted by Crippen LogP contribution is 2.32. The monoisotopic (exact) mass is 350 g/mol. The van der Waals surface area contributed by atoms with E-state index in [1.165, 1.54) is 11.8 Å². The lowest BCUT2D eigenvalue weighted by Gasteiger charge is -2.28. The van der Waals surface area contributed by atoms with Crippen LogP contribution in [0.4, 0.5) is 5.69 Å². The number of thioether (sulfide) groups is 1. The van der Waals surface area contributed by atoms with Crippen molar-refractivity contribution in [2.45, 2.75) is 23.8 Å². The highest BCUT2D eigenvalue weighted by atomic mass is 32.2. The quantitative estimate of drug-likeness (QED) is 0.757. The molecule has 0 aromatic heterocycles. The van der Waals surface area contributed by atoms with Crippen molar-refractivity contribution in [3.63, 3.8) is 0 Å². The van der Waals surface area contributed by atoms with E-state index in [9.17, 15) is 19.5 Å². The molecule has 2 aliphatic heterocycles. The number of fused-ring (bicyclic) bond motifs is 1. The third-order valence-electron chi connectivity index (χ3n) is 4.09. The fraction of sp³-hybridized carbons (Fsp3) is 0.438. The number of hydrogen-bond donors (Lipinski definition) is 3. The molecule has 0 spiro atoms. The summed E-state index contributed by atoms with van der Waals surface area (Å²) >= 11 is 1.40. The van der Waals surface area contributed by atoms with Crippen LogP contribution in [0.1, 0.15) is 23.2 Å². The second-order valence-corrected chi connectivity index (χ2v) is 6.83. The number of aliphatic carboxylic acids is 1. The van der Waals surface area contributed by atoms with Gasteiger partial charge in [-0.1, -0.05) is 0 Å². The third-order valence-corrected chi connectivity index (χ3v) is 5.17. The number of carboxylic acid groups (broad SMARTS) is 1. The molecule has 3 rings (SSSR count). The van der Waals surface area contributed by atoms with E-state index in [2.05, 4.69) is 10.6 Å². The highest BCUT2D eigenvalue weighted by molar-refractivity contribution is 8.00. The number of anilines is 1. The summed E-state index contributed by atoms with van der Waals surface area (Å²) in [5.74, 6) is -1.55. The fourth-order valence-corrected chi connectivity index (χ4v) is 3.65. The van der Waals surface area contributed by atoms with E-state index in [-0.39, 0.29) is 11.8 Å². The van der Waals surface area contributed by atoms with Crippen molar-refractivity contribution in [2.75, 3.05) is 24.3 Å². The van der Waals surface area contributed by atoms with E-state index in [0.717, 1.165) is 11.3 Å². The smallest absolute Gasteiger partial charge is 0.326 e. The van der Waals surface area contributed by atoms with Gasteiger partial charge >= 0.3 is 5.97 Å². The van der Waals surface area contributed by atoms with E-state index in [1.807, 2.05) is 0 Å². The van der Waals surface area contributed by atoms with E-state index in [4.69, 9.17) is 4.74 Å². The standard InChI is InChI=1S/C16H18N2O5S/c19-13-8-24-12-4-3-9(6-11(12)17-13)15(20)18-14(16(21)22)10-2-1-5-23-7-10/h3-4,6,10,14H,1-2,5,7-8H2,(H,17,19)(H,18,20)(H,21,22)/t10-,14+/m1/s1. The molecule has 2 atom stereocenters. The lowest BCUT2D eigenvalue weighted by Crippen LogP contribution is -2.48. The SMILES string of the molecule is O=C1CSc2ccc(C(=O)N[C@H](C(=O)O)[C@@H]3CCCOC3)cc2N1. The highest BCUT2D eigenvalue weighted by Gasteiger charge is 2.31. The minimum Gasteiger partial charge on any atom is -0.480 e. The lowest BCUT2D eigenvalue weighted by atomic mass is 9.93. The Morgan fingerprint density at radius 3 is 2.96 bits per heavy atom. The first-order chi connectivity index (χ1) is 11.5. The molecule has 3 N–H and O–H groups in total. The Labute approximate surface area is 143 Å². The Morgan fingerprint density at radius 2 is 2.25 bits per heavy atom. The summed E-state index contributed by atoms with van der Waals surface area (Å²) < 4.78 is 5.32. The average Bonchev–Trinajstić information content (AvgIpc) is 2.59. The van der Waals surface area contributed by atoms with Gasteiger partial charge in [-0.25, -0.2) is 4.79 Å². The van der Waals surface area contributed by atoms with Crippen molar-refractivity contribution in [3.05, 3.63) is 23.8 Å². The normalized spacial score (nSPS) is 21.3. The van der Waals surface area contributed by atoms with Crippen molar-refractivity contribution in [1.82, 2.24) is 5.32 Å². The molecule has 8 heteroatoms. The van der Waals surface area contributed by atoms with Crippen LogP contribution in [0.25, 0.3) is 0 Å². The number of benzene rings is 1. The summed E-state index contributed by atoms with van der Waals surface area (Å²) in [5.41, 5.74) is 0.899. The number of carbonyl (C=O) groups is 3. The van der Waals surface area contributed by atoms with Gasteiger partial charge in [-0.2, -0.15) is 0 Å². The molecule has 2 aliphatic rings. The molecule has 1 saturated heterocycles. The summed E-state index contributed by atoms with van der Waals surface area (Å²) in [6, 6.07) is 3.98. The van der Waals surface area contributed by atoms with Crippen LogP contribution in [0.15, 0.2) is 23.1 Å². The molecular weight excluding hydrogens is 332 g/mol. The Hall–Kier alpha value is -2.06. The van der Waals surface area contributed by atoms with E-state index in [0.29, 0.717) is 36.6 Å². The topological polar surface area (TPSA) is 105 Å². The molecule has 0 bridgehead atoms.